The second kappa shape index (κ2) is 3.26. The van der Waals surface area contributed by atoms with E-state index in [1.165, 1.54) is 12.2 Å². The average Bonchev–Trinajstić information content (AvgIpc) is 2.09. The van der Waals surface area contributed by atoms with E-state index in [-0.39, 0.29) is 5.57 Å². The fourth-order valence-electron chi connectivity index (χ4n) is 0.758. The summed E-state index contributed by atoms with van der Waals surface area (Å²) in [6.45, 7) is 0. The third-order valence-corrected chi connectivity index (χ3v) is 2.42. The summed E-state index contributed by atoms with van der Waals surface area (Å²) in [5, 5.41) is 18.8. The van der Waals surface area contributed by atoms with Gasteiger partial charge >= 0.3 is 0 Å². The van der Waals surface area contributed by atoms with Crippen LogP contribution in [0.2, 0.25) is 0 Å². The normalized spacial score (nSPS) is 17.5. The van der Waals surface area contributed by atoms with Crippen molar-refractivity contribution in [1.82, 2.24) is 0 Å². The molecule has 0 saturated carbocycles. The molecular formula is C8H4N2O2S. The molecule has 1 heterocycles. The minimum Gasteiger partial charge on any atom is -0.220 e. The largest absolute Gasteiger partial charge is 0.220 e. The van der Waals surface area contributed by atoms with Gasteiger partial charge in [0.25, 0.3) is 0 Å². The van der Waals surface area contributed by atoms with Gasteiger partial charge in [-0.05, 0) is 12.2 Å². The predicted molar refractivity (Wildman–Crippen MR) is 45.5 cm³/mol. The van der Waals surface area contributed by atoms with Gasteiger partial charge in [-0.2, -0.15) is 10.5 Å². The molecule has 5 heteroatoms. The fraction of sp³-hybridized carbons (Fsp3) is 0. The van der Waals surface area contributed by atoms with Crippen molar-refractivity contribution in [3.8, 4) is 12.1 Å². The highest BCUT2D eigenvalue weighted by atomic mass is 32.2. The molecule has 0 aromatic heterocycles. The summed E-state index contributed by atoms with van der Waals surface area (Å²) in [6.07, 6.45) is 2.47. The number of allylic oxidation sites excluding steroid dienone is 4. The van der Waals surface area contributed by atoms with Crippen LogP contribution in [0.25, 0.3) is 0 Å². The van der Waals surface area contributed by atoms with Crippen LogP contribution in [0.3, 0.4) is 0 Å². The van der Waals surface area contributed by atoms with E-state index in [9.17, 15) is 8.42 Å². The van der Waals surface area contributed by atoms with Gasteiger partial charge in [-0.3, -0.25) is 0 Å². The highest BCUT2D eigenvalue weighted by Gasteiger charge is 2.08. The Balaban J connectivity index is 3.22. The molecule has 0 saturated heterocycles. The first-order valence-corrected chi connectivity index (χ1v) is 4.86. The summed E-state index contributed by atoms with van der Waals surface area (Å²) in [4.78, 5) is 0. The second-order valence-electron chi connectivity index (χ2n) is 2.25. The Labute approximate surface area is 75.6 Å². The van der Waals surface area contributed by atoms with Crippen LogP contribution in [0.1, 0.15) is 0 Å². The Morgan fingerprint density at radius 3 is 2.00 bits per heavy atom. The van der Waals surface area contributed by atoms with Gasteiger partial charge in [0, 0.05) is 16.4 Å². The van der Waals surface area contributed by atoms with Crippen LogP contribution in [0.5, 0.6) is 0 Å². The first-order valence-electron chi connectivity index (χ1n) is 3.25. The molecule has 1 aliphatic rings. The van der Waals surface area contributed by atoms with Crippen LogP contribution in [-0.2, 0) is 9.84 Å². The number of hydrogen-bond donors (Lipinski definition) is 0. The summed E-state index contributed by atoms with van der Waals surface area (Å²) in [7, 11) is -3.28. The van der Waals surface area contributed by atoms with Gasteiger partial charge in [-0.1, -0.05) is 0 Å². The molecule has 0 spiro atoms. The molecule has 0 aliphatic carbocycles. The average molecular weight is 192 g/mol. The Morgan fingerprint density at radius 2 is 1.62 bits per heavy atom. The molecule has 0 aromatic rings. The Bertz CT molecular complexity index is 457. The lowest BCUT2D eigenvalue weighted by Crippen LogP contribution is -1.95. The number of hydrogen-bond acceptors (Lipinski definition) is 4. The molecule has 1 rings (SSSR count). The van der Waals surface area contributed by atoms with E-state index in [4.69, 9.17) is 10.5 Å². The smallest absolute Gasteiger partial charge is 0.193 e. The third-order valence-electron chi connectivity index (χ3n) is 1.39. The van der Waals surface area contributed by atoms with Crippen molar-refractivity contribution in [3.05, 3.63) is 34.1 Å². The molecule has 0 unspecified atom stereocenters. The summed E-state index contributed by atoms with van der Waals surface area (Å²) < 4.78 is 21.7. The monoisotopic (exact) mass is 192 g/mol. The SMILES string of the molecule is N#CC(C#N)=C1C=CS(=O)(=O)C=C1. The van der Waals surface area contributed by atoms with Gasteiger partial charge in [-0.25, -0.2) is 8.42 Å². The van der Waals surface area contributed by atoms with Crippen LogP contribution in [0, 0.1) is 22.7 Å². The quantitative estimate of drug-likeness (QED) is 0.531. The van der Waals surface area contributed by atoms with Crippen molar-refractivity contribution in [2.24, 2.45) is 0 Å². The molecule has 64 valence electrons. The van der Waals surface area contributed by atoms with Crippen LogP contribution >= 0.6 is 0 Å². The van der Waals surface area contributed by atoms with Gasteiger partial charge in [0.15, 0.2) is 9.84 Å². The van der Waals surface area contributed by atoms with Gasteiger partial charge in [-0.15, -0.1) is 0 Å². The standard InChI is InChI=1S/C8H4N2O2S/c9-5-8(6-10)7-1-3-13(11,12)4-2-7/h1-4H. The van der Waals surface area contributed by atoms with Gasteiger partial charge < -0.3 is 0 Å². The van der Waals surface area contributed by atoms with Gasteiger partial charge in [0.05, 0.1) is 0 Å². The highest BCUT2D eigenvalue weighted by molar-refractivity contribution is 7.97. The van der Waals surface area contributed by atoms with Crippen LogP contribution in [0.15, 0.2) is 34.1 Å². The molecule has 0 aromatic carbocycles. The predicted octanol–water partition coefficient (Wildman–Crippen LogP) is 0.786. The number of rotatable bonds is 0. The fourth-order valence-corrected chi connectivity index (χ4v) is 1.52. The maximum atomic E-state index is 10.8. The number of nitrogens with zero attached hydrogens (tertiary/aromatic N) is 2. The van der Waals surface area contributed by atoms with E-state index in [2.05, 4.69) is 0 Å². The maximum absolute atomic E-state index is 10.8. The van der Waals surface area contributed by atoms with Gasteiger partial charge in [0.1, 0.15) is 17.7 Å². The summed E-state index contributed by atoms with van der Waals surface area (Å²) in [5.74, 6) is 0. The maximum Gasteiger partial charge on any atom is 0.193 e. The van der Waals surface area contributed by atoms with E-state index in [1.807, 2.05) is 0 Å². The van der Waals surface area contributed by atoms with E-state index in [0.717, 1.165) is 10.8 Å². The first-order chi connectivity index (χ1) is 6.09. The lowest BCUT2D eigenvalue weighted by molar-refractivity contribution is 0.612. The Morgan fingerprint density at radius 1 is 1.15 bits per heavy atom. The molecule has 0 fully saturated rings. The van der Waals surface area contributed by atoms with E-state index >= 15 is 0 Å². The molecule has 0 amide bonds. The summed E-state index contributed by atoms with van der Waals surface area (Å²) >= 11 is 0. The Kier molecular flexibility index (Phi) is 2.32. The van der Waals surface area contributed by atoms with Crippen LogP contribution in [-0.4, -0.2) is 8.42 Å². The van der Waals surface area contributed by atoms with Crippen molar-refractivity contribution in [2.45, 2.75) is 0 Å². The topological polar surface area (TPSA) is 81.7 Å². The molecule has 13 heavy (non-hydrogen) atoms. The summed E-state index contributed by atoms with van der Waals surface area (Å²) in [6, 6.07) is 3.34. The minimum atomic E-state index is -3.28. The van der Waals surface area contributed by atoms with Crippen LogP contribution in [0.4, 0.5) is 0 Å². The molecular weight excluding hydrogens is 188 g/mol. The molecule has 0 atom stereocenters. The van der Waals surface area contributed by atoms with E-state index in [1.54, 1.807) is 12.1 Å². The second-order valence-corrected chi connectivity index (χ2v) is 3.97. The lowest BCUT2D eigenvalue weighted by atomic mass is 10.1. The zero-order valence-corrected chi connectivity index (χ0v) is 7.25. The summed E-state index contributed by atoms with van der Waals surface area (Å²) in [5.41, 5.74) is 0.224. The number of nitriles is 2. The lowest BCUT2D eigenvalue weighted by Gasteiger charge is -1.99. The van der Waals surface area contributed by atoms with Crippen molar-refractivity contribution in [2.75, 3.05) is 0 Å². The van der Waals surface area contributed by atoms with E-state index in [0.29, 0.717) is 5.57 Å². The number of sulfone groups is 1. The molecule has 1 aliphatic heterocycles. The molecule has 0 N–H and O–H groups in total. The van der Waals surface area contributed by atoms with Crippen molar-refractivity contribution < 1.29 is 8.42 Å². The van der Waals surface area contributed by atoms with E-state index < -0.39 is 9.84 Å². The Hall–Kier alpha value is -1.85. The minimum absolute atomic E-state index is 0.0950. The molecule has 4 nitrogen and oxygen atoms in total. The first kappa shape index (κ1) is 9.24. The van der Waals surface area contributed by atoms with Crippen molar-refractivity contribution in [1.29, 1.82) is 10.5 Å². The van der Waals surface area contributed by atoms with Crippen molar-refractivity contribution >= 4 is 9.84 Å². The molecule has 0 radical (unpaired) electrons. The van der Waals surface area contributed by atoms with Crippen molar-refractivity contribution in [3.63, 3.8) is 0 Å². The van der Waals surface area contributed by atoms with Crippen LogP contribution < -0.4 is 0 Å². The van der Waals surface area contributed by atoms with Gasteiger partial charge in [0.2, 0.25) is 0 Å². The molecule has 0 bridgehead atoms. The zero-order valence-electron chi connectivity index (χ0n) is 6.43. The zero-order chi connectivity index (χ0) is 9.90. The third kappa shape index (κ3) is 2.05. The highest BCUT2D eigenvalue weighted by Crippen LogP contribution is 2.14.